The van der Waals surface area contributed by atoms with Gasteiger partial charge in [-0.15, -0.1) is 0 Å². The maximum atomic E-state index is 10.6. The summed E-state index contributed by atoms with van der Waals surface area (Å²) >= 11 is 15.7. The summed E-state index contributed by atoms with van der Waals surface area (Å²) in [7, 11) is 0. The van der Waals surface area contributed by atoms with Gasteiger partial charge in [-0.2, -0.15) is 0 Å². The quantitative estimate of drug-likeness (QED) is 0.431. The summed E-state index contributed by atoms with van der Waals surface area (Å²) in [6.45, 7) is 0. The summed E-state index contributed by atoms with van der Waals surface area (Å²) in [6.07, 6.45) is 0. The van der Waals surface area contributed by atoms with Crippen LogP contribution in [0.4, 0.5) is 0 Å². The van der Waals surface area contributed by atoms with E-state index in [9.17, 15) is 3.07 Å². The van der Waals surface area contributed by atoms with E-state index >= 15 is 0 Å². The van der Waals surface area contributed by atoms with Crippen LogP contribution in [0.3, 0.4) is 0 Å². The third-order valence-electron chi connectivity index (χ3n) is 1.03. The molecule has 0 atom stereocenters. The van der Waals surface area contributed by atoms with Gasteiger partial charge in [0, 0.05) is 5.02 Å². The minimum absolute atomic E-state index is 0.380. The third-order valence-corrected chi connectivity index (χ3v) is 4.08. The van der Waals surface area contributed by atoms with Gasteiger partial charge in [0.15, 0.2) is 21.2 Å². The normalized spacial score (nSPS) is 10.1. The number of benzene rings is 1. The molecule has 60 valence electrons. The number of rotatable bonds is 1. The molecule has 5 heteroatoms. The molecule has 0 amide bonds. The molecule has 0 heterocycles. The Bertz CT molecular complexity index is 277. The third kappa shape index (κ3) is 2.28. The molecule has 0 aliphatic heterocycles. The van der Waals surface area contributed by atoms with Crippen molar-refractivity contribution >= 4 is 56.0 Å². The average Bonchev–Trinajstić information content (AvgIpc) is 1.85. The molecule has 0 spiro atoms. The second-order valence-electron chi connectivity index (χ2n) is 1.76. The van der Waals surface area contributed by atoms with Crippen LogP contribution < -0.4 is 0 Å². The molecule has 0 unspecified atom stereocenters. The summed E-state index contributed by atoms with van der Waals surface area (Å²) in [6, 6.07) is 3.06. The molecule has 0 aliphatic rings. The highest BCUT2D eigenvalue weighted by atomic mass is 127. The Kier molecular flexibility index (Phi) is 3.55. The first-order chi connectivity index (χ1) is 5.15. The minimum Gasteiger partial charge on any atom is -0.265 e. The molecule has 11 heavy (non-hydrogen) atoms. The summed E-state index contributed by atoms with van der Waals surface area (Å²) in [4.78, 5) is 0. The second-order valence-corrected chi connectivity index (χ2v) is 4.53. The van der Waals surface area contributed by atoms with Crippen molar-refractivity contribution in [3.8, 4) is 0 Å². The van der Waals surface area contributed by atoms with E-state index in [1.807, 2.05) is 0 Å². The summed E-state index contributed by atoms with van der Waals surface area (Å²) in [5.74, 6) is 0. The lowest BCUT2D eigenvalue weighted by Crippen LogP contribution is -1.77. The van der Waals surface area contributed by atoms with Crippen LogP contribution in [0.1, 0.15) is 0 Å². The van der Waals surface area contributed by atoms with Crippen LogP contribution in [0.25, 0.3) is 0 Å². The van der Waals surface area contributed by atoms with Crippen molar-refractivity contribution < 1.29 is 3.07 Å². The van der Waals surface area contributed by atoms with Crippen LogP contribution in [-0.2, 0) is 3.07 Å². The van der Waals surface area contributed by atoms with Gasteiger partial charge >= 0.3 is 0 Å². The molecule has 1 nitrogen and oxygen atoms in total. The maximum absolute atomic E-state index is 10.6. The highest BCUT2D eigenvalue weighted by Gasteiger charge is 2.06. The SMILES string of the molecule is O=Ic1c(Cl)cc(Cl)cc1Cl. The van der Waals surface area contributed by atoms with Gasteiger partial charge in [-0.1, -0.05) is 34.8 Å². The van der Waals surface area contributed by atoms with Gasteiger partial charge in [0.2, 0.25) is 0 Å². The maximum Gasteiger partial charge on any atom is 0.185 e. The van der Waals surface area contributed by atoms with Gasteiger partial charge in [0.25, 0.3) is 0 Å². The first kappa shape index (κ1) is 9.71. The van der Waals surface area contributed by atoms with Crippen molar-refractivity contribution in [3.05, 3.63) is 30.8 Å². The van der Waals surface area contributed by atoms with Gasteiger partial charge < -0.3 is 0 Å². The van der Waals surface area contributed by atoms with Gasteiger partial charge in [-0.25, -0.2) is 0 Å². The molecular formula is C6H2Cl3IO. The zero-order valence-electron chi connectivity index (χ0n) is 5.07. The average molecular weight is 323 g/mol. The molecule has 0 fully saturated rings. The predicted molar refractivity (Wildman–Crippen MR) is 54.9 cm³/mol. The molecule has 1 rings (SSSR count). The molecule has 1 aromatic rings. The van der Waals surface area contributed by atoms with E-state index in [-0.39, 0.29) is 0 Å². The molecule has 1 aromatic carbocycles. The van der Waals surface area contributed by atoms with E-state index in [1.165, 1.54) is 12.1 Å². The van der Waals surface area contributed by atoms with Crippen molar-refractivity contribution in [1.29, 1.82) is 0 Å². The first-order valence-corrected chi connectivity index (χ1v) is 5.66. The zero-order chi connectivity index (χ0) is 8.43. The Labute approximate surface area is 89.3 Å². The van der Waals surface area contributed by atoms with Gasteiger partial charge in [-0.3, -0.25) is 3.07 Å². The Morgan fingerprint density at radius 1 is 1.09 bits per heavy atom. The van der Waals surface area contributed by atoms with Gasteiger partial charge in [0.1, 0.15) is 0 Å². The topological polar surface area (TPSA) is 17.1 Å². The minimum atomic E-state index is -1.32. The summed E-state index contributed by atoms with van der Waals surface area (Å²) < 4.78 is 11.1. The van der Waals surface area contributed by atoms with E-state index in [2.05, 4.69) is 0 Å². The van der Waals surface area contributed by atoms with Crippen molar-refractivity contribution in [2.75, 3.05) is 0 Å². The number of halogens is 4. The molecule has 0 bridgehead atoms. The monoisotopic (exact) mass is 322 g/mol. The zero-order valence-corrected chi connectivity index (χ0v) is 9.50. The lowest BCUT2D eigenvalue weighted by atomic mass is 10.4. The fourth-order valence-corrected chi connectivity index (χ4v) is 2.54. The van der Waals surface area contributed by atoms with Crippen LogP contribution in [0.2, 0.25) is 15.1 Å². The second kappa shape index (κ2) is 4.03. The Balaban J connectivity index is 3.36. The van der Waals surface area contributed by atoms with Gasteiger partial charge in [-0.05, 0) is 12.1 Å². The molecule has 0 saturated heterocycles. The summed E-state index contributed by atoms with van der Waals surface area (Å²) in [5.41, 5.74) is 0. The summed E-state index contributed by atoms with van der Waals surface area (Å²) in [5, 5.41) is 1.22. The number of hydrogen-bond acceptors (Lipinski definition) is 1. The van der Waals surface area contributed by atoms with Crippen molar-refractivity contribution in [1.82, 2.24) is 0 Å². The Morgan fingerprint density at radius 2 is 1.55 bits per heavy atom. The van der Waals surface area contributed by atoms with Gasteiger partial charge in [0.05, 0.1) is 13.6 Å². The van der Waals surface area contributed by atoms with E-state index in [4.69, 9.17) is 34.8 Å². The molecular weight excluding hydrogens is 321 g/mol. The highest BCUT2D eigenvalue weighted by molar-refractivity contribution is 14.1. The van der Waals surface area contributed by atoms with Crippen LogP contribution in [0.5, 0.6) is 0 Å². The van der Waals surface area contributed by atoms with Crippen LogP contribution in [0.15, 0.2) is 12.1 Å². The predicted octanol–water partition coefficient (Wildman–Crippen LogP) is 4.13. The lowest BCUT2D eigenvalue weighted by molar-refractivity contribution is 0.648. The molecule has 0 radical (unpaired) electrons. The highest BCUT2D eigenvalue weighted by Crippen LogP contribution is 2.31. The van der Waals surface area contributed by atoms with Crippen molar-refractivity contribution in [2.24, 2.45) is 0 Å². The lowest BCUT2D eigenvalue weighted by Gasteiger charge is -1.97. The number of hydrogen-bond donors (Lipinski definition) is 0. The first-order valence-electron chi connectivity index (χ1n) is 2.56. The van der Waals surface area contributed by atoms with Crippen LogP contribution in [0, 0.1) is 3.57 Å². The van der Waals surface area contributed by atoms with E-state index in [0.29, 0.717) is 18.6 Å². The standard InChI is InChI=1S/C6H2Cl3IO/c7-3-1-4(8)6(10-11)5(9)2-3/h1-2H. The molecule has 0 aliphatic carbocycles. The Morgan fingerprint density at radius 3 is 1.91 bits per heavy atom. The van der Waals surface area contributed by atoms with E-state index in [0.717, 1.165) is 0 Å². The van der Waals surface area contributed by atoms with Crippen molar-refractivity contribution in [3.63, 3.8) is 0 Å². The smallest absolute Gasteiger partial charge is 0.185 e. The fraction of sp³-hybridized carbons (Fsp3) is 0. The molecule has 0 aromatic heterocycles. The largest absolute Gasteiger partial charge is 0.265 e. The molecule has 0 saturated carbocycles. The van der Waals surface area contributed by atoms with E-state index in [1.54, 1.807) is 0 Å². The van der Waals surface area contributed by atoms with E-state index < -0.39 is 21.2 Å². The molecule has 0 N–H and O–H groups in total. The van der Waals surface area contributed by atoms with Crippen LogP contribution >= 0.6 is 56.0 Å². The Hall–Kier alpha value is 0.620. The fourth-order valence-electron chi connectivity index (χ4n) is 0.598. The van der Waals surface area contributed by atoms with Crippen LogP contribution in [-0.4, -0.2) is 0 Å². The van der Waals surface area contributed by atoms with Crippen molar-refractivity contribution in [2.45, 2.75) is 0 Å².